The Labute approximate surface area is 125 Å². The molecule has 110 valence electrons. The van der Waals surface area contributed by atoms with Crippen molar-refractivity contribution in [2.24, 2.45) is 17.6 Å². The average Bonchev–Trinajstić information content (AvgIpc) is 3.30. The van der Waals surface area contributed by atoms with Gasteiger partial charge in [0.05, 0.1) is 5.02 Å². The van der Waals surface area contributed by atoms with Crippen molar-refractivity contribution in [2.75, 3.05) is 19.6 Å². The maximum atomic E-state index is 13.7. The van der Waals surface area contributed by atoms with E-state index in [2.05, 4.69) is 4.90 Å². The standard InChI is InChI=1S/C16H22ClFN2/c17-14-6-5-13(7-15(14)18)16(8-19)20(9-11-1-2-11)10-12-3-4-12/h5-7,11-12,16H,1-4,8-10,19H2. The minimum atomic E-state index is -0.347. The summed E-state index contributed by atoms with van der Waals surface area (Å²) in [6, 6.07) is 5.21. The topological polar surface area (TPSA) is 29.3 Å². The molecule has 3 rings (SSSR count). The van der Waals surface area contributed by atoms with E-state index < -0.39 is 0 Å². The van der Waals surface area contributed by atoms with Gasteiger partial charge in [0.15, 0.2) is 0 Å². The lowest BCUT2D eigenvalue weighted by Gasteiger charge is -2.31. The molecular formula is C16H22ClFN2. The monoisotopic (exact) mass is 296 g/mol. The normalized spacial score (nSPS) is 20.4. The molecule has 4 heteroatoms. The number of rotatable bonds is 7. The molecule has 0 heterocycles. The summed E-state index contributed by atoms with van der Waals surface area (Å²) < 4.78 is 13.7. The van der Waals surface area contributed by atoms with Crippen molar-refractivity contribution in [1.29, 1.82) is 0 Å². The summed E-state index contributed by atoms with van der Waals surface area (Å²) >= 11 is 5.78. The van der Waals surface area contributed by atoms with Crippen LogP contribution in [-0.4, -0.2) is 24.5 Å². The Morgan fingerprint density at radius 3 is 2.25 bits per heavy atom. The van der Waals surface area contributed by atoms with Crippen molar-refractivity contribution in [1.82, 2.24) is 4.90 Å². The summed E-state index contributed by atoms with van der Waals surface area (Å²) in [5, 5.41) is 0.181. The molecule has 0 bridgehead atoms. The third kappa shape index (κ3) is 3.51. The van der Waals surface area contributed by atoms with Gasteiger partial charge in [-0.2, -0.15) is 0 Å². The van der Waals surface area contributed by atoms with Crippen molar-refractivity contribution >= 4 is 11.6 Å². The van der Waals surface area contributed by atoms with Gasteiger partial charge >= 0.3 is 0 Å². The molecule has 1 aromatic rings. The Balaban J connectivity index is 1.77. The maximum Gasteiger partial charge on any atom is 0.142 e. The van der Waals surface area contributed by atoms with E-state index in [-0.39, 0.29) is 16.9 Å². The van der Waals surface area contributed by atoms with Gasteiger partial charge in [-0.3, -0.25) is 4.90 Å². The zero-order chi connectivity index (χ0) is 14.1. The molecule has 2 saturated carbocycles. The molecule has 1 atom stereocenters. The average molecular weight is 297 g/mol. The van der Waals surface area contributed by atoms with Gasteiger partial charge in [0, 0.05) is 25.7 Å². The van der Waals surface area contributed by atoms with Crippen LogP contribution in [0.1, 0.15) is 37.3 Å². The molecule has 1 aromatic carbocycles. The van der Waals surface area contributed by atoms with Crippen LogP contribution in [0.3, 0.4) is 0 Å². The molecule has 0 saturated heterocycles. The van der Waals surface area contributed by atoms with Crippen LogP contribution in [-0.2, 0) is 0 Å². The Hall–Kier alpha value is -0.640. The molecule has 2 aliphatic carbocycles. The lowest BCUT2D eigenvalue weighted by atomic mass is 10.0. The van der Waals surface area contributed by atoms with Crippen molar-refractivity contribution in [3.05, 3.63) is 34.6 Å². The second-order valence-corrected chi connectivity index (χ2v) is 6.67. The van der Waals surface area contributed by atoms with E-state index >= 15 is 0 Å². The van der Waals surface area contributed by atoms with Crippen LogP contribution in [0.5, 0.6) is 0 Å². The summed E-state index contributed by atoms with van der Waals surface area (Å²) in [7, 11) is 0. The first-order chi connectivity index (χ1) is 9.67. The van der Waals surface area contributed by atoms with Gasteiger partial charge in [0.1, 0.15) is 5.82 Å². The number of nitrogens with two attached hydrogens (primary N) is 1. The van der Waals surface area contributed by atoms with Crippen molar-refractivity contribution in [2.45, 2.75) is 31.7 Å². The van der Waals surface area contributed by atoms with E-state index in [1.54, 1.807) is 12.1 Å². The fraction of sp³-hybridized carbons (Fsp3) is 0.625. The lowest BCUT2D eigenvalue weighted by Crippen LogP contribution is -2.36. The Morgan fingerprint density at radius 1 is 1.20 bits per heavy atom. The first kappa shape index (κ1) is 14.3. The predicted molar refractivity (Wildman–Crippen MR) is 80.2 cm³/mol. The molecule has 0 aliphatic heterocycles. The quantitative estimate of drug-likeness (QED) is 0.833. The third-order valence-electron chi connectivity index (χ3n) is 4.37. The van der Waals surface area contributed by atoms with Crippen LogP contribution in [0.2, 0.25) is 5.02 Å². The second-order valence-electron chi connectivity index (χ2n) is 6.27. The molecule has 2 N–H and O–H groups in total. The predicted octanol–water partition coefficient (Wildman–Crippen LogP) is 3.60. The SMILES string of the molecule is NCC(c1ccc(Cl)c(F)c1)N(CC1CC1)CC1CC1. The lowest BCUT2D eigenvalue weighted by molar-refractivity contribution is 0.184. The number of hydrogen-bond acceptors (Lipinski definition) is 2. The van der Waals surface area contributed by atoms with Crippen molar-refractivity contribution < 1.29 is 4.39 Å². The van der Waals surface area contributed by atoms with E-state index in [1.165, 1.54) is 25.7 Å². The highest BCUT2D eigenvalue weighted by Gasteiger charge is 2.32. The minimum Gasteiger partial charge on any atom is -0.329 e. The Bertz CT molecular complexity index is 458. The number of nitrogens with zero attached hydrogens (tertiary/aromatic N) is 1. The fourth-order valence-corrected chi connectivity index (χ4v) is 2.93. The zero-order valence-electron chi connectivity index (χ0n) is 11.7. The molecule has 1 unspecified atom stereocenters. The first-order valence-corrected chi connectivity index (χ1v) is 7.94. The second kappa shape index (κ2) is 6.00. The van der Waals surface area contributed by atoms with Gasteiger partial charge in [-0.25, -0.2) is 4.39 Å². The van der Waals surface area contributed by atoms with Gasteiger partial charge in [-0.15, -0.1) is 0 Å². The van der Waals surface area contributed by atoms with Crippen LogP contribution in [0.25, 0.3) is 0 Å². The molecule has 0 radical (unpaired) electrons. The van der Waals surface area contributed by atoms with Crippen LogP contribution >= 0.6 is 11.6 Å². The van der Waals surface area contributed by atoms with Gasteiger partial charge < -0.3 is 5.73 Å². The summed E-state index contributed by atoms with van der Waals surface area (Å²) in [5.74, 6) is 1.29. The van der Waals surface area contributed by atoms with Gasteiger partial charge in [-0.05, 0) is 55.2 Å². The molecule has 0 amide bonds. The minimum absolute atomic E-state index is 0.114. The molecule has 20 heavy (non-hydrogen) atoms. The summed E-state index contributed by atoms with van der Waals surface area (Å²) in [4.78, 5) is 2.47. The third-order valence-corrected chi connectivity index (χ3v) is 4.68. The van der Waals surface area contributed by atoms with Crippen LogP contribution < -0.4 is 5.73 Å². The molecule has 0 aromatic heterocycles. The molecule has 2 aliphatic rings. The molecule has 0 spiro atoms. The maximum absolute atomic E-state index is 13.7. The first-order valence-electron chi connectivity index (χ1n) is 7.56. The molecule has 2 nitrogen and oxygen atoms in total. The Morgan fingerprint density at radius 2 is 1.80 bits per heavy atom. The van der Waals surface area contributed by atoms with E-state index in [0.29, 0.717) is 6.54 Å². The smallest absolute Gasteiger partial charge is 0.142 e. The summed E-state index contributed by atoms with van der Waals surface area (Å²) in [6.45, 7) is 2.73. The zero-order valence-corrected chi connectivity index (χ0v) is 12.5. The van der Waals surface area contributed by atoms with Crippen molar-refractivity contribution in [3.63, 3.8) is 0 Å². The van der Waals surface area contributed by atoms with Gasteiger partial charge in [0.2, 0.25) is 0 Å². The number of benzene rings is 1. The Kier molecular flexibility index (Phi) is 4.29. The highest BCUT2D eigenvalue weighted by atomic mass is 35.5. The van der Waals surface area contributed by atoms with Crippen molar-refractivity contribution in [3.8, 4) is 0 Å². The van der Waals surface area contributed by atoms with E-state index in [0.717, 1.165) is 30.5 Å². The van der Waals surface area contributed by atoms with E-state index in [4.69, 9.17) is 17.3 Å². The van der Waals surface area contributed by atoms with E-state index in [1.807, 2.05) is 6.07 Å². The highest BCUT2D eigenvalue weighted by Crippen LogP contribution is 2.37. The number of hydrogen-bond donors (Lipinski definition) is 1. The van der Waals surface area contributed by atoms with Gasteiger partial charge in [-0.1, -0.05) is 17.7 Å². The van der Waals surface area contributed by atoms with Crippen LogP contribution in [0.4, 0.5) is 4.39 Å². The number of halogens is 2. The van der Waals surface area contributed by atoms with E-state index in [9.17, 15) is 4.39 Å². The highest BCUT2D eigenvalue weighted by molar-refractivity contribution is 6.30. The largest absolute Gasteiger partial charge is 0.329 e. The van der Waals surface area contributed by atoms with Crippen LogP contribution in [0, 0.1) is 17.7 Å². The van der Waals surface area contributed by atoms with Crippen LogP contribution in [0.15, 0.2) is 18.2 Å². The summed E-state index contributed by atoms with van der Waals surface area (Å²) in [6.07, 6.45) is 5.31. The fourth-order valence-electron chi connectivity index (χ4n) is 2.81. The molecule has 2 fully saturated rings. The van der Waals surface area contributed by atoms with Gasteiger partial charge in [0.25, 0.3) is 0 Å². The molecular weight excluding hydrogens is 275 g/mol. The summed E-state index contributed by atoms with van der Waals surface area (Å²) in [5.41, 5.74) is 6.94.